The normalized spacial score (nSPS) is 13.3. The van der Waals surface area contributed by atoms with Gasteiger partial charge in [0.05, 0.1) is 19.3 Å². The van der Waals surface area contributed by atoms with E-state index in [1.54, 1.807) is 7.05 Å². The number of anilines is 1. The highest BCUT2D eigenvalue weighted by Crippen LogP contribution is 2.35. The van der Waals surface area contributed by atoms with Crippen LogP contribution in [-0.2, 0) is 6.42 Å². The molecule has 0 fully saturated rings. The topological polar surface area (TPSA) is 69.2 Å². The molecule has 0 atom stereocenters. The Kier molecular flexibility index (Phi) is 3.37. The zero-order valence-electron chi connectivity index (χ0n) is 11.5. The first kappa shape index (κ1) is 12.7. The second-order valence-corrected chi connectivity index (χ2v) is 4.47. The third-order valence-corrected chi connectivity index (χ3v) is 3.20. The lowest BCUT2D eigenvalue weighted by atomic mass is 10.0. The number of benzene rings is 1. The van der Waals surface area contributed by atoms with Crippen LogP contribution in [0.2, 0.25) is 0 Å². The molecule has 0 saturated carbocycles. The van der Waals surface area contributed by atoms with E-state index in [9.17, 15) is 0 Å². The SMILES string of the molecule is CNc1nc(OC)nc(-c2cccc3c2OCCC3)n1. The molecule has 0 bridgehead atoms. The smallest absolute Gasteiger partial charge is 0.321 e. The van der Waals surface area contributed by atoms with E-state index in [0.29, 0.717) is 11.8 Å². The zero-order chi connectivity index (χ0) is 13.9. The number of aromatic nitrogens is 3. The summed E-state index contributed by atoms with van der Waals surface area (Å²) < 4.78 is 10.9. The van der Waals surface area contributed by atoms with Crippen LogP contribution in [0, 0.1) is 0 Å². The van der Waals surface area contributed by atoms with Crippen LogP contribution in [0.1, 0.15) is 12.0 Å². The van der Waals surface area contributed by atoms with Gasteiger partial charge in [-0.2, -0.15) is 15.0 Å². The molecule has 0 unspecified atom stereocenters. The molecule has 0 spiro atoms. The minimum absolute atomic E-state index is 0.285. The summed E-state index contributed by atoms with van der Waals surface area (Å²) >= 11 is 0. The number of rotatable bonds is 3. The van der Waals surface area contributed by atoms with Crippen LogP contribution in [0.3, 0.4) is 0 Å². The van der Waals surface area contributed by atoms with Gasteiger partial charge in [0.2, 0.25) is 5.95 Å². The molecule has 1 N–H and O–H groups in total. The second-order valence-electron chi connectivity index (χ2n) is 4.47. The Hall–Kier alpha value is -2.37. The number of ether oxygens (including phenoxy) is 2. The summed E-state index contributed by atoms with van der Waals surface area (Å²) in [5.74, 6) is 1.90. The van der Waals surface area contributed by atoms with Crippen molar-refractivity contribution in [3.05, 3.63) is 23.8 Å². The Labute approximate surface area is 117 Å². The van der Waals surface area contributed by atoms with Gasteiger partial charge in [-0.15, -0.1) is 0 Å². The Balaban J connectivity index is 2.13. The van der Waals surface area contributed by atoms with Gasteiger partial charge in [0.15, 0.2) is 5.82 Å². The van der Waals surface area contributed by atoms with Gasteiger partial charge in [-0.1, -0.05) is 12.1 Å². The fourth-order valence-corrected chi connectivity index (χ4v) is 2.25. The van der Waals surface area contributed by atoms with Crippen molar-refractivity contribution in [3.8, 4) is 23.1 Å². The van der Waals surface area contributed by atoms with Gasteiger partial charge in [-0.05, 0) is 24.5 Å². The highest BCUT2D eigenvalue weighted by atomic mass is 16.5. The lowest BCUT2D eigenvalue weighted by Gasteiger charge is -2.19. The molecule has 104 valence electrons. The molecular weight excluding hydrogens is 256 g/mol. The van der Waals surface area contributed by atoms with Crippen molar-refractivity contribution in [2.24, 2.45) is 0 Å². The molecule has 6 heteroatoms. The number of para-hydroxylation sites is 1. The Morgan fingerprint density at radius 1 is 1.25 bits per heavy atom. The number of nitrogens with one attached hydrogen (secondary N) is 1. The summed E-state index contributed by atoms with van der Waals surface area (Å²) in [6.07, 6.45) is 2.06. The maximum atomic E-state index is 5.79. The van der Waals surface area contributed by atoms with E-state index in [-0.39, 0.29) is 6.01 Å². The molecule has 0 aliphatic carbocycles. The van der Waals surface area contributed by atoms with Crippen LogP contribution < -0.4 is 14.8 Å². The summed E-state index contributed by atoms with van der Waals surface area (Å²) in [5, 5.41) is 2.91. The lowest BCUT2D eigenvalue weighted by Crippen LogP contribution is -2.10. The van der Waals surface area contributed by atoms with Crippen LogP contribution in [0.5, 0.6) is 11.8 Å². The Morgan fingerprint density at radius 3 is 2.95 bits per heavy atom. The number of methoxy groups -OCH3 is 1. The predicted molar refractivity (Wildman–Crippen MR) is 75.2 cm³/mol. The van der Waals surface area contributed by atoms with E-state index < -0.39 is 0 Å². The maximum absolute atomic E-state index is 5.79. The molecule has 0 amide bonds. The van der Waals surface area contributed by atoms with E-state index in [1.807, 2.05) is 12.1 Å². The molecule has 2 heterocycles. The minimum atomic E-state index is 0.285. The number of aryl methyl sites for hydroxylation is 1. The minimum Gasteiger partial charge on any atom is -0.493 e. The molecule has 1 aliphatic rings. The first-order valence-corrected chi connectivity index (χ1v) is 6.54. The average molecular weight is 272 g/mol. The molecule has 1 aliphatic heterocycles. The van der Waals surface area contributed by atoms with E-state index in [0.717, 1.165) is 30.8 Å². The monoisotopic (exact) mass is 272 g/mol. The Bertz CT molecular complexity index is 608. The molecule has 20 heavy (non-hydrogen) atoms. The average Bonchev–Trinajstić information content (AvgIpc) is 2.53. The zero-order valence-corrected chi connectivity index (χ0v) is 11.5. The number of nitrogens with zero attached hydrogens (tertiary/aromatic N) is 3. The molecule has 1 aromatic carbocycles. The molecule has 0 saturated heterocycles. The van der Waals surface area contributed by atoms with Crippen LogP contribution in [0.15, 0.2) is 18.2 Å². The van der Waals surface area contributed by atoms with Crippen molar-refractivity contribution in [2.75, 3.05) is 26.1 Å². The van der Waals surface area contributed by atoms with Crippen molar-refractivity contribution in [1.82, 2.24) is 15.0 Å². The molecule has 2 aromatic rings. The van der Waals surface area contributed by atoms with Gasteiger partial charge in [0.25, 0.3) is 0 Å². The summed E-state index contributed by atoms with van der Waals surface area (Å²) in [6, 6.07) is 6.32. The van der Waals surface area contributed by atoms with Crippen molar-refractivity contribution in [3.63, 3.8) is 0 Å². The van der Waals surface area contributed by atoms with E-state index >= 15 is 0 Å². The van der Waals surface area contributed by atoms with Gasteiger partial charge < -0.3 is 14.8 Å². The summed E-state index contributed by atoms with van der Waals surface area (Å²) in [4.78, 5) is 12.8. The molecular formula is C14H16N4O2. The van der Waals surface area contributed by atoms with Crippen molar-refractivity contribution in [1.29, 1.82) is 0 Å². The van der Waals surface area contributed by atoms with E-state index in [2.05, 4.69) is 26.3 Å². The van der Waals surface area contributed by atoms with Crippen LogP contribution in [0.4, 0.5) is 5.95 Å². The maximum Gasteiger partial charge on any atom is 0.321 e. The second kappa shape index (κ2) is 5.32. The van der Waals surface area contributed by atoms with E-state index in [1.165, 1.54) is 12.7 Å². The predicted octanol–water partition coefficient (Wildman–Crippen LogP) is 1.91. The molecule has 6 nitrogen and oxygen atoms in total. The highest BCUT2D eigenvalue weighted by molar-refractivity contribution is 5.67. The molecule has 3 rings (SSSR count). The first-order valence-electron chi connectivity index (χ1n) is 6.54. The van der Waals surface area contributed by atoms with Crippen LogP contribution >= 0.6 is 0 Å². The van der Waals surface area contributed by atoms with Crippen LogP contribution in [0.25, 0.3) is 11.4 Å². The summed E-state index contributed by atoms with van der Waals surface area (Å²) in [5.41, 5.74) is 2.07. The van der Waals surface area contributed by atoms with Gasteiger partial charge >= 0.3 is 6.01 Å². The van der Waals surface area contributed by atoms with Gasteiger partial charge in [0, 0.05) is 7.05 Å². The van der Waals surface area contributed by atoms with E-state index in [4.69, 9.17) is 9.47 Å². The standard InChI is InChI=1S/C14H16N4O2/c1-15-13-16-12(17-14(18-13)19-2)10-7-3-5-9-6-4-8-20-11(9)10/h3,5,7H,4,6,8H2,1-2H3,(H,15,16,17,18). The number of fused-ring (bicyclic) bond motifs is 1. The molecule has 0 radical (unpaired) electrons. The van der Waals surface area contributed by atoms with Gasteiger partial charge in [-0.25, -0.2) is 0 Å². The largest absolute Gasteiger partial charge is 0.493 e. The quantitative estimate of drug-likeness (QED) is 0.920. The van der Waals surface area contributed by atoms with Gasteiger partial charge in [0.1, 0.15) is 5.75 Å². The lowest BCUT2D eigenvalue weighted by molar-refractivity contribution is 0.289. The van der Waals surface area contributed by atoms with Crippen molar-refractivity contribution < 1.29 is 9.47 Å². The first-order chi connectivity index (χ1) is 9.81. The third-order valence-electron chi connectivity index (χ3n) is 3.20. The fourth-order valence-electron chi connectivity index (χ4n) is 2.25. The third kappa shape index (κ3) is 2.24. The fraction of sp³-hybridized carbons (Fsp3) is 0.357. The highest BCUT2D eigenvalue weighted by Gasteiger charge is 2.18. The Morgan fingerprint density at radius 2 is 2.15 bits per heavy atom. The van der Waals surface area contributed by atoms with Crippen molar-refractivity contribution in [2.45, 2.75) is 12.8 Å². The van der Waals surface area contributed by atoms with Crippen LogP contribution in [-0.4, -0.2) is 35.7 Å². The number of hydrogen-bond acceptors (Lipinski definition) is 6. The summed E-state index contributed by atoms with van der Waals surface area (Å²) in [7, 11) is 3.30. The summed E-state index contributed by atoms with van der Waals surface area (Å²) in [6.45, 7) is 0.727. The molecule has 1 aromatic heterocycles. The van der Waals surface area contributed by atoms with Gasteiger partial charge in [-0.3, -0.25) is 0 Å². The van der Waals surface area contributed by atoms with Crippen molar-refractivity contribution >= 4 is 5.95 Å². The number of hydrogen-bond donors (Lipinski definition) is 1.